The van der Waals surface area contributed by atoms with Gasteiger partial charge in [-0.15, -0.1) is 10.2 Å². The standard InChI is InChI=1S/C27H28N6O3/c1-4-31-17-22(25(34)21-10-5-18(2)28-26(21)31)27(35)33-15-13-32(14-16-33)24-12-11-23(29-30-24)19-6-8-20(36-3)9-7-19/h5-12,17H,4,13-16H2,1-3H3. The van der Waals surface area contributed by atoms with Crippen LogP contribution in [0.25, 0.3) is 22.3 Å². The summed E-state index contributed by atoms with van der Waals surface area (Å²) >= 11 is 0. The van der Waals surface area contributed by atoms with Crippen LogP contribution in [0.3, 0.4) is 0 Å². The van der Waals surface area contributed by atoms with Gasteiger partial charge in [0.1, 0.15) is 17.0 Å². The van der Waals surface area contributed by atoms with E-state index in [-0.39, 0.29) is 16.9 Å². The van der Waals surface area contributed by atoms with Crippen molar-refractivity contribution in [1.82, 2.24) is 24.6 Å². The van der Waals surface area contributed by atoms with E-state index in [0.717, 1.165) is 28.5 Å². The Labute approximate surface area is 209 Å². The molecule has 0 spiro atoms. The lowest BCUT2D eigenvalue weighted by molar-refractivity contribution is 0.0744. The predicted molar refractivity (Wildman–Crippen MR) is 139 cm³/mol. The van der Waals surface area contributed by atoms with Crippen LogP contribution >= 0.6 is 0 Å². The van der Waals surface area contributed by atoms with Crippen molar-refractivity contribution in [3.05, 3.63) is 76.2 Å². The minimum atomic E-state index is -0.269. The van der Waals surface area contributed by atoms with E-state index in [9.17, 15) is 9.59 Å². The number of pyridine rings is 2. The van der Waals surface area contributed by atoms with Crippen LogP contribution in [0.2, 0.25) is 0 Å². The summed E-state index contributed by atoms with van der Waals surface area (Å²) in [6.45, 7) is 6.69. The van der Waals surface area contributed by atoms with Crippen LogP contribution in [0.4, 0.5) is 5.82 Å². The Balaban J connectivity index is 1.29. The lowest BCUT2D eigenvalue weighted by Gasteiger charge is -2.35. The molecule has 0 saturated carbocycles. The zero-order valence-electron chi connectivity index (χ0n) is 20.6. The fourth-order valence-corrected chi connectivity index (χ4v) is 4.47. The van der Waals surface area contributed by atoms with Gasteiger partial charge in [0.2, 0.25) is 5.43 Å². The van der Waals surface area contributed by atoms with Gasteiger partial charge in [-0.2, -0.15) is 0 Å². The van der Waals surface area contributed by atoms with Gasteiger partial charge < -0.3 is 19.1 Å². The van der Waals surface area contributed by atoms with Crippen molar-refractivity contribution < 1.29 is 9.53 Å². The summed E-state index contributed by atoms with van der Waals surface area (Å²) in [6.07, 6.45) is 1.65. The number of benzene rings is 1. The maximum absolute atomic E-state index is 13.3. The number of aryl methyl sites for hydroxylation is 2. The summed E-state index contributed by atoms with van der Waals surface area (Å²) in [4.78, 5) is 34.8. The number of carbonyl (C=O) groups is 1. The minimum absolute atomic E-state index is 0.187. The SMILES string of the molecule is CCn1cc(C(=O)N2CCN(c3ccc(-c4ccc(OC)cc4)nn3)CC2)c(=O)c2ccc(C)nc21. The molecule has 9 heteroatoms. The highest BCUT2D eigenvalue weighted by atomic mass is 16.5. The number of rotatable bonds is 5. The van der Waals surface area contributed by atoms with Crippen LogP contribution < -0.4 is 15.1 Å². The molecule has 5 rings (SSSR count). The first kappa shape index (κ1) is 23.5. The van der Waals surface area contributed by atoms with Crippen LogP contribution in [-0.4, -0.2) is 63.8 Å². The van der Waals surface area contributed by atoms with E-state index in [1.54, 1.807) is 30.3 Å². The molecule has 0 N–H and O–H groups in total. The van der Waals surface area contributed by atoms with E-state index >= 15 is 0 Å². The number of piperazine rings is 1. The molecule has 1 aliphatic heterocycles. The Morgan fingerprint density at radius 1 is 0.972 bits per heavy atom. The highest BCUT2D eigenvalue weighted by Crippen LogP contribution is 2.22. The number of hydrogen-bond donors (Lipinski definition) is 0. The van der Waals surface area contributed by atoms with E-state index in [4.69, 9.17) is 4.74 Å². The first-order chi connectivity index (χ1) is 17.5. The molecule has 1 amide bonds. The number of carbonyl (C=O) groups excluding carboxylic acids is 1. The van der Waals surface area contributed by atoms with Gasteiger partial charge in [0.05, 0.1) is 18.2 Å². The molecule has 0 atom stereocenters. The van der Waals surface area contributed by atoms with Crippen LogP contribution in [0.1, 0.15) is 23.0 Å². The normalized spacial score (nSPS) is 13.8. The summed E-state index contributed by atoms with van der Waals surface area (Å²) in [7, 11) is 1.64. The summed E-state index contributed by atoms with van der Waals surface area (Å²) in [5, 5.41) is 9.26. The van der Waals surface area contributed by atoms with Crippen LogP contribution in [0.15, 0.2) is 59.5 Å². The molecule has 1 fully saturated rings. The Bertz CT molecular complexity index is 1460. The van der Waals surface area contributed by atoms with Crippen LogP contribution in [0.5, 0.6) is 5.75 Å². The topological polar surface area (TPSA) is 93.5 Å². The number of nitrogens with zero attached hydrogens (tertiary/aromatic N) is 6. The molecular formula is C27H28N6O3. The zero-order chi connectivity index (χ0) is 25.2. The molecule has 0 radical (unpaired) electrons. The molecule has 0 unspecified atom stereocenters. The molecule has 0 bridgehead atoms. The lowest BCUT2D eigenvalue weighted by atomic mass is 10.1. The molecule has 3 aromatic heterocycles. The minimum Gasteiger partial charge on any atom is -0.497 e. The van der Waals surface area contributed by atoms with Crippen molar-refractivity contribution >= 4 is 22.8 Å². The second-order valence-corrected chi connectivity index (χ2v) is 8.77. The first-order valence-electron chi connectivity index (χ1n) is 12.0. The maximum Gasteiger partial charge on any atom is 0.259 e. The van der Waals surface area contributed by atoms with Crippen LogP contribution in [0, 0.1) is 6.92 Å². The Morgan fingerprint density at radius 3 is 2.36 bits per heavy atom. The molecule has 1 aromatic carbocycles. The van der Waals surface area contributed by atoms with Crippen molar-refractivity contribution in [2.45, 2.75) is 20.4 Å². The van der Waals surface area contributed by atoms with Gasteiger partial charge in [-0.05, 0) is 62.4 Å². The predicted octanol–water partition coefficient (Wildman–Crippen LogP) is 3.15. The molecule has 1 saturated heterocycles. The van der Waals surface area contributed by atoms with Gasteiger partial charge in [-0.25, -0.2) is 4.98 Å². The monoisotopic (exact) mass is 484 g/mol. The Morgan fingerprint density at radius 2 is 1.72 bits per heavy atom. The lowest BCUT2D eigenvalue weighted by Crippen LogP contribution is -2.50. The highest BCUT2D eigenvalue weighted by molar-refractivity contribution is 5.97. The van der Waals surface area contributed by atoms with Gasteiger partial charge in [0, 0.05) is 50.2 Å². The van der Waals surface area contributed by atoms with Crippen molar-refractivity contribution in [1.29, 1.82) is 0 Å². The number of fused-ring (bicyclic) bond motifs is 1. The van der Waals surface area contributed by atoms with E-state index in [1.165, 1.54) is 0 Å². The second-order valence-electron chi connectivity index (χ2n) is 8.77. The van der Waals surface area contributed by atoms with Gasteiger partial charge in [-0.1, -0.05) is 0 Å². The number of aromatic nitrogens is 4. The smallest absolute Gasteiger partial charge is 0.259 e. The molecule has 36 heavy (non-hydrogen) atoms. The zero-order valence-corrected chi connectivity index (χ0v) is 20.6. The Kier molecular flexibility index (Phi) is 6.37. The number of amides is 1. The molecule has 1 aliphatic rings. The van der Waals surface area contributed by atoms with E-state index < -0.39 is 0 Å². The second kappa shape index (κ2) is 9.77. The third-order valence-corrected chi connectivity index (χ3v) is 6.56. The van der Waals surface area contributed by atoms with Crippen LogP contribution in [-0.2, 0) is 6.54 Å². The first-order valence-corrected chi connectivity index (χ1v) is 12.0. The molecule has 184 valence electrons. The maximum atomic E-state index is 13.3. The van der Waals surface area contributed by atoms with E-state index in [1.807, 2.05) is 54.8 Å². The van der Waals surface area contributed by atoms with E-state index in [2.05, 4.69) is 20.1 Å². The van der Waals surface area contributed by atoms with Crippen molar-refractivity contribution in [2.75, 3.05) is 38.2 Å². The van der Waals surface area contributed by atoms with E-state index in [0.29, 0.717) is 43.8 Å². The molecule has 9 nitrogen and oxygen atoms in total. The average Bonchev–Trinajstić information content (AvgIpc) is 2.93. The fraction of sp³-hybridized carbons (Fsp3) is 0.296. The number of ether oxygens (including phenoxy) is 1. The number of anilines is 1. The largest absolute Gasteiger partial charge is 0.497 e. The number of methoxy groups -OCH3 is 1. The number of hydrogen-bond acceptors (Lipinski definition) is 7. The summed E-state index contributed by atoms with van der Waals surface area (Å²) in [5.41, 5.74) is 3.11. The van der Waals surface area contributed by atoms with Gasteiger partial charge in [-0.3, -0.25) is 9.59 Å². The quantitative estimate of drug-likeness (QED) is 0.430. The molecule has 4 heterocycles. The van der Waals surface area contributed by atoms with Gasteiger partial charge in [0.15, 0.2) is 5.82 Å². The highest BCUT2D eigenvalue weighted by Gasteiger charge is 2.26. The summed E-state index contributed by atoms with van der Waals surface area (Å²) < 4.78 is 7.07. The molecule has 4 aromatic rings. The van der Waals surface area contributed by atoms with Gasteiger partial charge >= 0.3 is 0 Å². The fourth-order valence-electron chi connectivity index (χ4n) is 4.47. The van der Waals surface area contributed by atoms with Crippen molar-refractivity contribution in [3.63, 3.8) is 0 Å². The molecule has 0 aliphatic carbocycles. The summed E-state index contributed by atoms with van der Waals surface area (Å²) in [5.74, 6) is 1.31. The Hall–Kier alpha value is -4.27. The third-order valence-electron chi connectivity index (χ3n) is 6.56. The third kappa shape index (κ3) is 4.39. The summed E-state index contributed by atoms with van der Waals surface area (Å²) in [6, 6.07) is 15.1. The van der Waals surface area contributed by atoms with Crippen molar-refractivity contribution in [3.8, 4) is 17.0 Å². The average molecular weight is 485 g/mol. The van der Waals surface area contributed by atoms with Gasteiger partial charge in [0.25, 0.3) is 5.91 Å². The molecular weight excluding hydrogens is 456 g/mol. The van der Waals surface area contributed by atoms with Crippen molar-refractivity contribution in [2.24, 2.45) is 0 Å².